The summed E-state index contributed by atoms with van der Waals surface area (Å²) in [4.78, 5) is 17.7. The van der Waals surface area contributed by atoms with Crippen molar-refractivity contribution in [2.75, 3.05) is 0 Å². The Morgan fingerprint density at radius 3 is 1.85 bits per heavy atom. The van der Waals surface area contributed by atoms with E-state index >= 15 is 4.57 Å². The maximum atomic E-state index is 16.6. The molecule has 0 saturated carbocycles. The fourth-order valence-corrected chi connectivity index (χ4v) is 15.0. The lowest BCUT2D eigenvalue weighted by atomic mass is 9.64. The summed E-state index contributed by atoms with van der Waals surface area (Å²) in [6, 6.07) is 70.5. The monoisotopic (exact) mass is 883 g/mol. The maximum Gasteiger partial charge on any atom is 0.171 e. The van der Waals surface area contributed by atoms with Gasteiger partial charge in [0.05, 0.1) is 11.0 Å². The number of para-hydroxylation sites is 3. The van der Waals surface area contributed by atoms with Crippen molar-refractivity contribution in [2.24, 2.45) is 0 Å². The molecule has 0 saturated heterocycles. The van der Waals surface area contributed by atoms with Gasteiger partial charge in [-0.05, 0) is 64.7 Å². The first-order valence-corrected chi connectivity index (χ1v) is 24.5. The number of fused-ring (bicyclic) bond motifs is 14. The van der Waals surface area contributed by atoms with Crippen molar-refractivity contribution in [3.8, 4) is 34.2 Å². The lowest BCUT2D eigenvalue weighted by Crippen LogP contribution is -2.48. The normalized spacial score (nSPS) is 17.2. The van der Waals surface area contributed by atoms with E-state index in [1.54, 1.807) is 11.8 Å². The molecule has 310 valence electrons. The van der Waals surface area contributed by atoms with E-state index in [9.17, 15) is 0 Å². The molecule has 0 N–H and O–H groups in total. The predicted octanol–water partition coefficient (Wildman–Crippen LogP) is 13.5. The topological polar surface area (TPSA) is 82.0 Å². The molecule has 0 aliphatic carbocycles. The van der Waals surface area contributed by atoms with Gasteiger partial charge in [0.1, 0.15) is 22.3 Å². The van der Waals surface area contributed by atoms with Crippen LogP contribution < -0.4 is 15.9 Å². The summed E-state index contributed by atoms with van der Waals surface area (Å²) >= 11 is 1.74. The van der Waals surface area contributed by atoms with Gasteiger partial charge in [-0.15, -0.1) is 0 Å². The summed E-state index contributed by atoms with van der Waals surface area (Å²) in [5.74, 6) is 1.64. The van der Waals surface area contributed by atoms with E-state index in [0.29, 0.717) is 23.1 Å². The van der Waals surface area contributed by atoms with Crippen LogP contribution in [-0.4, -0.2) is 15.0 Å². The van der Waals surface area contributed by atoms with Gasteiger partial charge in [0.15, 0.2) is 24.6 Å². The first kappa shape index (κ1) is 37.5. The van der Waals surface area contributed by atoms with E-state index in [4.69, 9.17) is 23.8 Å². The molecule has 14 rings (SSSR count). The number of hydrogen-bond acceptors (Lipinski definition) is 7. The Kier molecular flexibility index (Phi) is 8.01. The number of benzene rings is 9. The Hall–Kier alpha value is -7.83. The minimum Gasteiger partial charge on any atom is -0.456 e. The molecular formula is C58H34N3O3PS. The van der Waals surface area contributed by atoms with E-state index in [2.05, 4.69) is 91.0 Å². The van der Waals surface area contributed by atoms with E-state index in [1.165, 1.54) is 0 Å². The molecule has 2 unspecified atom stereocenters. The third-order valence-electron chi connectivity index (χ3n) is 13.5. The van der Waals surface area contributed by atoms with Gasteiger partial charge in [0.2, 0.25) is 0 Å². The Balaban J connectivity index is 1.05. The number of hydrogen-bond donors (Lipinski definition) is 0. The zero-order chi connectivity index (χ0) is 43.6. The second-order valence-electron chi connectivity index (χ2n) is 16.9. The van der Waals surface area contributed by atoms with Crippen LogP contribution in [0.15, 0.2) is 225 Å². The molecule has 9 aromatic carbocycles. The molecule has 0 fully saturated rings. The van der Waals surface area contributed by atoms with E-state index in [1.807, 2.05) is 115 Å². The molecule has 12 aromatic rings. The second-order valence-corrected chi connectivity index (χ2v) is 20.7. The third-order valence-corrected chi connectivity index (χ3v) is 17.7. The van der Waals surface area contributed by atoms with Gasteiger partial charge in [0, 0.05) is 58.4 Å². The van der Waals surface area contributed by atoms with Crippen molar-refractivity contribution in [1.29, 1.82) is 0 Å². The van der Waals surface area contributed by atoms with Crippen LogP contribution in [0.5, 0.6) is 0 Å². The average molecular weight is 884 g/mol. The van der Waals surface area contributed by atoms with Gasteiger partial charge in [-0.25, -0.2) is 15.0 Å². The minimum absolute atomic E-state index is 0.527. The summed E-state index contributed by atoms with van der Waals surface area (Å²) < 4.78 is 29.7. The van der Waals surface area contributed by atoms with Crippen LogP contribution in [0.4, 0.5) is 0 Å². The van der Waals surface area contributed by atoms with Gasteiger partial charge in [0.25, 0.3) is 0 Å². The molecule has 3 aromatic heterocycles. The SMILES string of the molecule is O=P1(c2ccccc2)c2ccccc2C2(c3ccccc3Sc3cc(-c4nc(-c5ccccc5)nc(-c5cccc6c5oc5ccccc56)n4)ccc32)c2cc3c(cc21)oc1ccccc13. The van der Waals surface area contributed by atoms with Gasteiger partial charge in [-0.3, -0.25) is 0 Å². The van der Waals surface area contributed by atoms with E-state index < -0.39 is 12.6 Å². The van der Waals surface area contributed by atoms with Gasteiger partial charge in [-0.2, -0.15) is 0 Å². The summed E-state index contributed by atoms with van der Waals surface area (Å²) in [5, 5.41) is 6.45. The zero-order valence-corrected chi connectivity index (χ0v) is 36.8. The Morgan fingerprint density at radius 2 is 1.03 bits per heavy atom. The molecule has 0 bridgehead atoms. The number of aromatic nitrogens is 3. The standard InChI is InChI=1S/C58H34N3O3PS/c62-65(37-18-5-2-6-19-37)50-28-13-9-24-43(50)58(46-33-42-39-21-8-11-26-47(39)63-49(42)34-51(46)65)44-25-10-14-29-52(44)66-53-32-36(30-31-45(53)58)56-59-55(35-16-3-1-4-17-35)60-57(61-56)41-23-15-22-40-38-20-7-12-27-48(38)64-54(40)41/h1-34H. The predicted molar refractivity (Wildman–Crippen MR) is 266 cm³/mol. The largest absolute Gasteiger partial charge is 0.456 e. The summed E-state index contributed by atoms with van der Waals surface area (Å²) in [6.07, 6.45) is 0. The maximum absolute atomic E-state index is 16.6. The van der Waals surface area contributed by atoms with Crippen LogP contribution in [0, 0.1) is 0 Å². The number of nitrogens with zero attached hydrogens (tertiary/aromatic N) is 3. The van der Waals surface area contributed by atoms with Crippen molar-refractivity contribution in [3.63, 3.8) is 0 Å². The van der Waals surface area contributed by atoms with Crippen molar-refractivity contribution in [2.45, 2.75) is 15.2 Å². The molecule has 5 heterocycles. The molecule has 2 atom stereocenters. The lowest BCUT2D eigenvalue weighted by molar-refractivity contribution is 0.589. The molecule has 2 aliphatic heterocycles. The highest BCUT2D eigenvalue weighted by atomic mass is 32.2. The summed E-state index contributed by atoms with van der Waals surface area (Å²) in [5.41, 5.74) is 8.96. The van der Waals surface area contributed by atoms with Crippen LogP contribution in [0.1, 0.15) is 22.3 Å². The Morgan fingerprint density at radius 1 is 0.409 bits per heavy atom. The smallest absolute Gasteiger partial charge is 0.171 e. The van der Waals surface area contributed by atoms with Crippen molar-refractivity contribution in [1.82, 2.24) is 15.0 Å². The first-order valence-electron chi connectivity index (χ1n) is 21.9. The van der Waals surface area contributed by atoms with Crippen LogP contribution in [0.2, 0.25) is 0 Å². The Labute approximate surface area is 383 Å². The van der Waals surface area contributed by atoms with Crippen LogP contribution >= 0.6 is 18.9 Å². The summed E-state index contributed by atoms with van der Waals surface area (Å²) in [7, 11) is -3.47. The highest BCUT2D eigenvalue weighted by molar-refractivity contribution is 7.99. The van der Waals surface area contributed by atoms with Crippen LogP contribution in [0.25, 0.3) is 78.0 Å². The third kappa shape index (κ3) is 5.21. The molecule has 6 nitrogen and oxygen atoms in total. The number of furan rings is 2. The Bertz CT molecular complexity index is 4030. The van der Waals surface area contributed by atoms with Crippen molar-refractivity contribution < 1.29 is 13.4 Å². The van der Waals surface area contributed by atoms with Gasteiger partial charge < -0.3 is 13.4 Å². The minimum atomic E-state index is -3.47. The fraction of sp³-hybridized carbons (Fsp3) is 0.0172. The average Bonchev–Trinajstić information content (AvgIpc) is 3.95. The van der Waals surface area contributed by atoms with Gasteiger partial charge >= 0.3 is 0 Å². The molecule has 0 radical (unpaired) electrons. The van der Waals surface area contributed by atoms with Crippen molar-refractivity contribution in [3.05, 3.63) is 229 Å². The van der Waals surface area contributed by atoms with E-state index in [-0.39, 0.29) is 0 Å². The van der Waals surface area contributed by atoms with Crippen LogP contribution in [-0.2, 0) is 9.98 Å². The zero-order valence-electron chi connectivity index (χ0n) is 35.1. The molecule has 66 heavy (non-hydrogen) atoms. The number of rotatable bonds is 4. The molecule has 2 aliphatic rings. The highest BCUT2D eigenvalue weighted by Gasteiger charge is 2.54. The van der Waals surface area contributed by atoms with E-state index in [0.717, 1.165) is 103 Å². The lowest BCUT2D eigenvalue weighted by Gasteiger charge is -2.47. The van der Waals surface area contributed by atoms with Crippen molar-refractivity contribution >= 4 is 78.7 Å². The van der Waals surface area contributed by atoms with Crippen LogP contribution in [0.3, 0.4) is 0 Å². The first-order chi connectivity index (χ1) is 32.6. The molecular weight excluding hydrogens is 850 g/mol. The summed E-state index contributed by atoms with van der Waals surface area (Å²) in [6.45, 7) is 0. The molecule has 0 amide bonds. The fourth-order valence-electron chi connectivity index (χ4n) is 10.6. The quantitative estimate of drug-likeness (QED) is 0.163. The highest BCUT2D eigenvalue weighted by Crippen LogP contribution is 2.62. The molecule has 8 heteroatoms. The second kappa shape index (κ2) is 14.1. The van der Waals surface area contributed by atoms with Gasteiger partial charge in [-0.1, -0.05) is 176 Å². The molecule has 1 spiro atoms.